The molecular weight excluding hydrogens is 210 g/mol. The van der Waals surface area contributed by atoms with E-state index in [9.17, 15) is 0 Å². The van der Waals surface area contributed by atoms with Gasteiger partial charge in [-0.1, -0.05) is 38.8 Å². The van der Waals surface area contributed by atoms with Gasteiger partial charge in [-0.3, -0.25) is 0 Å². The van der Waals surface area contributed by atoms with E-state index in [2.05, 4.69) is 44.3 Å². The van der Waals surface area contributed by atoms with Crippen LogP contribution >= 0.6 is 0 Å². The van der Waals surface area contributed by atoms with Crippen molar-refractivity contribution in [2.75, 3.05) is 14.2 Å². The summed E-state index contributed by atoms with van der Waals surface area (Å²) in [5.74, 6) is 1.65. The minimum Gasteiger partial charge on any atom is -0.496 e. The monoisotopic (exact) mass is 235 g/mol. The molecule has 1 N–H and O–H groups in total. The van der Waals surface area contributed by atoms with Crippen molar-refractivity contribution in [3.63, 3.8) is 0 Å². The molecule has 0 bridgehead atoms. The zero-order valence-electron chi connectivity index (χ0n) is 11.7. The Kier molecular flexibility index (Phi) is 5.49. The first-order valence-corrected chi connectivity index (χ1v) is 6.49. The predicted octanol–water partition coefficient (Wildman–Crippen LogP) is 3.70. The van der Waals surface area contributed by atoms with E-state index >= 15 is 0 Å². The molecule has 1 unspecified atom stereocenters. The highest BCUT2D eigenvalue weighted by molar-refractivity contribution is 5.39. The third kappa shape index (κ3) is 3.22. The van der Waals surface area contributed by atoms with Crippen molar-refractivity contribution < 1.29 is 4.74 Å². The molecule has 17 heavy (non-hydrogen) atoms. The lowest BCUT2D eigenvalue weighted by molar-refractivity contribution is 0.340. The van der Waals surface area contributed by atoms with Gasteiger partial charge >= 0.3 is 0 Å². The van der Waals surface area contributed by atoms with Gasteiger partial charge in [-0.2, -0.15) is 0 Å². The van der Waals surface area contributed by atoms with E-state index in [-0.39, 0.29) is 0 Å². The molecule has 1 atom stereocenters. The van der Waals surface area contributed by atoms with Crippen LogP contribution in [0.25, 0.3) is 0 Å². The lowest BCUT2D eigenvalue weighted by Crippen LogP contribution is -2.25. The van der Waals surface area contributed by atoms with Crippen molar-refractivity contribution in [1.29, 1.82) is 0 Å². The van der Waals surface area contributed by atoms with E-state index in [4.69, 9.17) is 4.74 Å². The van der Waals surface area contributed by atoms with Gasteiger partial charge in [0.1, 0.15) is 5.75 Å². The Morgan fingerprint density at radius 3 is 2.35 bits per heavy atom. The molecule has 0 amide bonds. The number of methoxy groups -OCH3 is 1. The smallest absolute Gasteiger partial charge is 0.123 e. The molecule has 0 saturated carbocycles. The number of hydrogen-bond donors (Lipinski definition) is 1. The van der Waals surface area contributed by atoms with Crippen molar-refractivity contribution in [2.24, 2.45) is 5.92 Å². The van der Waals surface area contributed by atoms with Crippen LogP contribution in [0.5, 0.6) is 5.75 Å². The molecule has 1 rings (SSSR count). The van der Waals surface area contributed by atoms with Gasteiger partial charge in [-0.15, -0.1) is 0 Å². The van der Waals surface area contributed by atoms with Crippen LogP contribution < -0.4 is 10.1 Å². The SMILES string of the molecule is CCC(CC)C(NC)c1ccc(C)cc1OC. The summed E-state index contributed by atoms with van der Waals surface area (Å²) in [7, 11) is 3.78. The van der Waals surface area contributed by atoms with Crippen molar-refractivity contribution in [2.45, 2.75) is 39.7 Å². The summed E-state index contributed by atoms with van der Waals surface area (Å²) in [6, 6.07) is 6.83. The van der Waals surface area contributed by atoms with E-state index in [0.29, 0.717) is 12.0 Å². The lowest BCUT2D eigenvalue weighted by Gasteiger charge is -2.27. The Balaban J connectivity index is 3.10. The molecular formula is C15H25NO. The van der Waals surface area contributed by atoms with Crippen LogP contribution in [0.4, 0.5) is 0 Å². The molecule has 2 heteroatoms. The number of benzene rings is 1. The molecule has 0 radical (unpaired) electrons. The standard InChI is InChI=1S/C15H25NO/c1-6-12(7-2)15(16-4)13-9-8-11(3)10-14(13)17-5/h8-10,12,15-16H,6-7H2,1-5H3. The summed E-state index contributed by atoms with van der Waals surface area (Å²) in [5.41, 5.74) is 2.51. The van der Waals surface area contributed by atoms with Crippen LogP contribution in [0.3, 0.4) is 0 Å². The molecule has 0 saturated heterocycles. The van der Waals surface area contributed by atoms with Crippen molar-refractivity contribution >= 4 is 0 Å². The maximum absolute atomic E-state index is 5.51. The van der Waals surface area contributed by atoms with Gasteiger partial charge in [0, 0.05) is 11.6 Å². The Hall–Kier alpha value is -1.02. The topological polar surface area (TPSA) is 21.3 Å². The van der Waals surface area contributed by atoms with Gasteiger partial charge in [0.15, 0.2) is 0 Å². The van der Waals surface area contributed by atoms with Gasteiger partial charge in [0.2, 0.25) is 0 Å². The molecule has 1 aromatic carbocycles. The first-order valence-electron chi connectivity index (χ1n) is 6.49. The first kappa shape index (κ1) is 14.0. The van der Waals surface area contributed by atoms with Crippen LogP contribution in [0.15, 0.2) is 18.2 Å². The normalized spacial score (nSPS) is 12.8. The van der Waals surface area contributed by atoms with Crippen molar-refractivity contribution in [3.05, 3.63) is 29.3 Å². The fraction of sp³-hybridized carbons (Fsp3) is 0.600. The zero-order chi connectivity index (χ0) is 12.8. The highest BCUT2D eigenvalue weighted by Crippen LogP contribution is 2.33. The number of ether oxygens (including phenoxy) is 1. The molecule has 1 aromatic rings. The highest BCUT2D eigenvalue weighted by atomic mass is 16.5. The molecule has 96 valence electrons. The molecule has 0 aliphatic heterocycles. The van der Waals surface area contributed by atoms with Crippen LogP contribution in [0.1, 0.15) is 43.9 Å². The van der Waals surface area contributed by atoms with Gasteiger partial charge in [0.25, 0.3) is 0 Å². The maximum atomic E-state index is 5.51. The minimum absolute atomic E-state index is 0.376. The molecule has 0 heterocycles. The largest absolute Gasteiger partial charge is 0.496 e. The van der Waals surface area contributed by atoms with Crippen LogP contribution in [-0.2, 0) is 0 Å². The van der Waals surface area contributed by atoms with Crippen molar-refractivity contribution in [1.82, 2.24) is 5.32 Å². The van der Waals surface area contributed by atoms with Gasteiger partial charge < -0.3 is 10.1 Å². The van der Waals surface area contributed by atoms with E-state index in [1.165, 1.54) is 24.0 Å². The third-order valence-corrected chi connectivity index (χ3v) is 3.56. The summed E-state index contributed by atoms with van der Waals surface area (Å²) in [4.78, 5) is 0. The summed E-state index contributed by atoms with van der Waals surface area (Å²) in [6.07, 6.45) is 2.36. The average molecular weight is 235 g/mol. The van der Waals surface area contributed by atoms with E-state index in [1.54, 1.807) is 7.11 Å². The predicted molar refractivity (Wildman–Crippen MR) is 73.6 cm³/mol. The second kappa shape index (κ2) is 6.65. The van der Waals surface area contributed by atoms with Gasteiger partial charge in [-0.25, -0.2) is 0 Å². The van der Waals surface area contributed by atoms with Gasteiger partial charge in [0.05, 0.1) is 7.11 Å². The van der Waals surface area contributed by atoms with E-state index in [0.717, 1.165) is 5.75 Å². The number of rotatable bonds is 6. The molecule has 0 aliphatic carbocycles. The Bertz CT molecular complexity index is 345. The quantitative estimate of drug-likeness (QED) is 0.811. The van der Waals surface area contributed by atoms with E-state index in [1.807, 2.05) is 7.05 Å². The van der Waals surface area contributed by atoms with Gasteiger partial charge in [-0.05, 0) is 31.5 Å². The van der Waals surface area contributed by atoms with Crippen LogP contribution in [-0.4, -0.2) is 14.2 Å². The van der Waals surface area contributed by atoms with E-state index < -0.39 is 0 Å². The average Bonchev–Trinajstić information content (AvgIpc) is 2.36. The second-order valence-electron chi connectivity index (χ2n) is 4.59. The van der Waals surface area contributed by atoms with Crippen LogP contribution in [0, 0.1) is 12.8 Å². The molecule has 0 fully saturated rings. The second-order valence-corrected chi connectivity index (χ2v) is 4.59. The Morgan fingerprint density at radius 1 is 1.24 bits per heavy atom. The zero-order valence-corrected chi connectivity index (χ0v) is 11.7. The Morgan fingerprint density at radius 2 is 1.88 bits per heavy atom. The lowest BCUT2D eigenvalue weighted by atomic mass is 9.88. The highest BCUT2D eigenvalue weighted by Gasteiger charge is 2.21. The number of nitrogens with one attached hydrogen (secondary N) is 1. The summed E-state index contributed by atoms with van der Waals surface area (Å²) in [6.45, 7) is 6.59. The first-order chi connectivity index (χ1) is 8.17. The van der Waals surface area contributed by atoms with Crippen molar-refractivity contribution in [3.8, 4) is 5.75 Å². The summed E-state index contributed by atoms with van der Waals surface area (Å²) < 4.78 is 5.51. The fourth-order valence-electron chi connectivity index (χ4n) is 2.48. The fourth-order valence-corrected chi connectivity index (χ4v) is 2.48. The molecule has 0 spiro atoms. The molecule has 2 nitrogen and oxygen atoms in total. The number of hydrogen-bond acceptors (Lipinski definition) is 2. The summed E-state index contributed by atoms with van der Waals surface area (Å²) in [5, 5.41) is 3.43. The number of aryl methyl sites for hydroxylation is 1. The molecule has 0 aliphatic rings. The van der Waals surface area contributed by atoms with Crippen LogP contribution in [0.2, 0.25) is 0 Å². The minimum atomic E-state index is 0.376. The Labute approximate surface area is 105 Å². The summed E-state index contributed by atoms with van der Waals surface area (Å²) >= 11 is 0. The third-order valence-electron chi connectivity index (χ3n) is 3.56. The maximum Gasteiger partial charge on any atom is 0.123 e. The molecule has 0 aromatic heterocycles.